The third kappa shape index (κ3) is 9.78. The summed E-state index contributed by atoms with van der Waals surface area (Å²) in [5, 5.41) is 0. The SMILES string of the molecule is CCCOC(=O)CCC/C=C\C[C@H]1CCC[C@@H]1/C=C/[C@H](F)COc1ccccc1. The Kier molecular flexibility index (Phi) is 11.2. The molecule has 0 amide bonds. The lowest BCUT2D eigenvalue weighted by Crippen LogP contribution is -2.11. The van der Waals surface area contributed by atoms with E-state index in [1.54, 1.807) is 6.08 Å². The Labute approximate surface area is 175 Å². The highest BCUT2D eigenvalue weighted by Gasteiger charge is 2.24. The van der Waals surface area contributed by atoms with Gasteiger partial charge in [0.1, 0.15) is 12.4 Å². The van der Waals surface area contributed by atoms with E-state index >= 15 is 0 Å². The summed E-state index contributed by atoms with van der Waals surface area (Å²) >= 11 is 0. The Balaban J connectivity index is 1.63. The Morgan fingerprint density at radius 2 is 2.07 bits per heavy atom. The molecule has 0 unspecified atom stereocenters. The molecule has 29 heavy (non-hydrogen) atoms. The number of rotatable bonds is 13. The lowest BCUT2D eigenvalue weighted by Gasteiger charge is -2.14. The third-order valence-electron chi connectivity index (χ3n) is 5.26. The number of carbonyl (C=O) groups excluding carboxylic acids is 1. The van der Waals surface area contributed by atoms with Crippen LogP contribution in [0.4, 0.5) is 4.39 Å². The van der Waals surface area contributed by atoms with Crippen molar-refractivity contribution < 1.29 is 18.7 Å². The second kappa shape index (κ2) is 14.0. The van der Waals surface area contributed by atoms with E-state index < -0.39 is 6.17 Å². The fourth-order valence-electron chi connectivity index (χ4n) is 3.66. The number of hydrogen-bond acceptors (Lipinski definition) is 3. The first-order chi connectivity index (χ1) is 14.2. The number of benzene rings is 1. The van der Waals surface area contributed by atoms with Gasteiger partial charge in [0.15, 0.2) is 6.17 Å². The first kappa shape index (κ1) is 23.2. The number of unbranched alkanes of at least 4 members (excludes halogenated alkanes) is 1. The summed E-state index contributed by atoms with van der Waals surface area (Å²) < 4.78 is 24.7. The number of carbonyl (C=O) groups is 1. The fourth-order valence-corrected chi connectivity index (χ4v) is 3.66. The van der Waals surface area contributed by atoms with E-state index in [4.69, 9.17) is 9.47 Å². The highest BCUT2D eigenvalue weighted by molar-refractivity contribution is 5.69. The molecule has 0 bridgehead atoms. The smallest absolute Gasteiger partial charge is 0.305 e. The normalized spacial score (nSPS) is 20.3. The zero-order valence-electron chi connectivity index (χ0n) is 17.6. The van der Waals surface area contributed by atoms with Crippen LogP contribution in [0, 0.1) is 11.8 Å². The van der Waals surface area contributed by atoms with Gasteiger partial charge in [-0.1, -0.05) is 55.8 Å². The summed E-state index contributed by atoms with van der Waals surface area (Å²) in [5.41, 5.74) is 0. The zero-order chi connectivity index (χ0) is 20.7. The molecular formula is C25H35FO3. The second-order valence-electron chi connectivity index (χ2n) is 7.70. The minimum Gasteiger partial charge on any atom is -0.490 e. The van der Waals surface area contributed by atoms with Crippen molar-refractivity contribution in [1.82, 2.24) is 0 Å². The minimum atomic E-state index is -1.08. The molecule has 1 aromatic rings. The van der Waals surface area contributed by atoms with Crippen LogP contribution in [-0.2, 0) is 9.53 Å². The van der Waals surface area contributed by atoms with Crippen molar-refractivity contribution in [3.8, 4) is 5.75 Å². The van der Waals surface area contributed by atoms with Crippen LogP contribution in [0.2, 0.25) is 0 Å². The van der Waals surface area contributed by atoms with Crippen LogP contribution in [0.25, 0.3) is 0 Å². The number of para-hydroxylation sites is 1. The highest BCUT2D eigenvalue weighted by Crippen LogP contribution is 2.35. The molecule has 0 spiro atoms. The van der Waals surface area contributed by atoms with E-state index in [-0.39, 0.29) is 12.6 Å². The molecule has 0 aliphatic heterocycles. The predicted octanol–water partition coefficient (Wildman–Crippen LogP) is 6.45. The molecule has 0 radical (unpaired) electrons. The topological polar surface area (TPSA) is 35.5 Å². The average Bonchev–Trinajstić information content (AvgIpc) is 3.19. The minimum absolute atomic E-state index is 0.0541. The summed E-state index contributed by atoms with van der Waals surface area (Å²) in [6.45, 7) is 2.57. The Hall–Kier alpha value is -2.10. The molecule has 2 rings (SSSR count). The van der Waals surface area contributed by atoms with Gasteiger partial charge in [0.2, 0.25) is 0 Å². The van der Waals surface area contributed by atoms with Gasteiger partial charge in [0.25, 0.3) is 0 Å². The quantitative estimate of drug-likeness (QED) is 0.216. The fraction of sp³-hybridized carbons (Fsp3) is 0.560. The molecule has 3 nitrogen and oxygen atoms in total. The highest BCUT2D eigenvalue weighted by atomic mass is 19.1. The molecule has 0 aromatic heterocycles. The predicted molar refractivity (Wildman–Crippen MR) is 116 cm³/mol. The molecule has 160 valence electrons. The van der Waals surface area contributed by atoms with Crippen LogP contribution in [-0.4, -0.2) is 25.4 Å². The van der Waals surface area contributed by atoms with Crippen LogP contribution >= 0.6 is 0 Å². The molecule has 1 aliphatic carbocycles. The van der Waals surface area contributed by atoms with Gasteiger partial charge in [0, 0.05) is 6.42 Å². The maximum atomic E-state index is 14.1. The lowest BCUT2D eigenvalue weighted by molar-refractivity contribution is -0.143. The van der Waals surface area contributed by atoms with Crippen LogP contribution in [0.5, 0.6) is 5.75 Å². The first-order valence-electron chi connectivity index (χ1n) is 11.0. The molecular weight excluding hydrogens is 367 g/mol. The average molecular weight is 403 g/mol. The Bertz CT molecular complexity index is 626. The molecule has 0 saturated heterocycles. The van der Waals surface area contributed by atoms with Crippen LogP contribution in [0.15, 0.2) is 54.6 Å². The summed E-state index contributed by atoms with van der Waals surface area (Å²) in [7, 11) is 0. The summed E-state index contributed by atoms with van der Waals surface area (Å²) in [6, 6.07) is 9.35. The number of allylic oxidation sites excluding steroid dienone is 3. The van der Waals surface area contributed by atoms with Crippen molar-refractivity contribution in [2.75, 3.05) is 13.2 Å². The molecule has 4 heteroatoms. The largest absolute Gasteiger partial charge is 0.490 e. The zero-order valence-corrected chi connectivity index (χ0v) is 17.6. The molecule has 0 N–H and O–H groups in total. The van der Waals surface area contributed by atoms with E-state index in [0.717, 1.165) is 32.1 Å². The molecule has 1 fully saturated rings. The van der Waals surface area contributed by atoms with Crippen molar-refractivity contribution in [1.29, 1.82) is 0 Å². The van der Waals surface area contributed by atoms with Crippen LogP contribution in [0.1, 0.15) is 58.3 Å². The lowest BCUT2D eigenvalue weighted by atomic mass is 9.92. The maximum Gasteiger partial charge on any atom is 0.305 e. The van der Waals surface area contributed by atoms with Crippen molar-refractivity contribution in [2.45, 2.75) is 64.5 Å². The number of halogens is 1. The summed E-state index contributed by atoms with van der Waals surface area (Å²) in [6.07, 6.45) is 14.7. The van der Waals surface area contributed by atoms with Gasteiger partial charge < -0.3 is 9.47 Å². The van der Waals surface area contributed by atoms with Crippen molar-refractivity contribution in [3.63, 3.8) is 0 Å². The van der Waals surface area contributed by atoms with Crippen molar-refractivity contribution in [3.05, 3.63) is 54.6 Å². The third-order valence-corrected chi connectivity index (χ3v) is 5.26. The number of esters is 1. The second-order valence-corrected chi connectivity index (χ2v) is 7.70. The van der Waals surface area contributed by atoms with Gasteiger partial charge in [-0.25, -0.2) is 4.39 Å². The molecule has 3 atom stereocenters. The van der Waals surface area contributed by atoms with Crippen LogP contribution < -0.4 is 4.74 Å². The number of alkyl halides is 1. The van der Waals surface area contributed by atoms with Gasteiger partial charge in [0.05, 0.1) is 6.61 Å². The van der Waals surface area contributed by atoms with E-state index in [1.165, 1.54) is 12.8 Å². The molecule has 1 aliphatic rings. The molecule has 0 heterocycles. The van der Waals surface area contributed by atoms with E-state index in [0.29, 0.717) is 30.6 Å². The number of hydrogen-bond donors (Lipinski definition) is 0. The van der Waals surface area contributed by atoms with Gasteiger partial charge >= 0.3 is 5.97 Å². The number of ether oxygens (including phenoxy) is 2. The van der Waals surface area contributed by atoms with E-state index in [2.05, 4.69) is 12.2 Å². The molecule has 1 saturated carbocycles. The maximum absolute atomic E-state index is 14.1. The molecule has 1 aromatic carbocycles. The summed E-state index contributed by atoms with van der Waals surface area (Å²) in [5.74, 6) is 1.63. The monoisotopic (exact) mass is 402 g/mol. The Morgan fingerprint density at radius 3 is 2.86 bits per heavy atom. The van der Waals surface area contributed by atoms with Crippen molar-refractivity contribution >= 4 is 5.97 Å². The summed E-state index contributed by atoms with van der Waals surface area (Å²) in [4.78, 5) is 11.4. The van der Waals surface area contributed by atoms with E-state index in [1.807, 2.05) is 43.3 Å². The van der Waals surface area contributed by atoms with Gasteiger partial charge in [-0.2, -0.15) is 0 Å². The Morgan fingerprint density at radius 1 is 1.24 bits per heavy atom. The van der Waals surface area contributed by atoms with Gasteiger partial charge in [-0.15, -0.1) is 0 Å². The van der Waals surface area contributed by atoms with E-state index in [9.17, 15) is 9.18 Å². The van der Waals surface area contributed by atoms with Gasteiger partial charge in [-0.3, -0.25) is 4.79 Å². The van der Waals surface area contributed by atoms with Crippen molar-refractivity contribution in [2.24, 2.45) is 11.8 Å². The van der Waals surface area contributed by atoms with Gasteiger partial charge in [-0.05, 0) is 62.5 Å². The first-order valence-corrected chi connectivity index (χ1v) is 11.0. The van der Waals surface area contributed by atoms with Crippen LogP contribution in [0.3, 0.4) is 0 Å². The standard InChI is InChI=1S/C25H35FO3/c1-2-19-28-25(27)16-9-4-3-6-11-21-12-10-13-22(21)17-18-23(26)20-29-24-14-7-5-8-15-24/h3,5-8,14-15,17-18,21-23H,2,4,9-13,16,19-20H2,1H3/b6-3-,18-17+/t21-,22+,23-/m0/s1.